The zero-order valence-corrected chi connectivity index (χ0v) is 19.0. The summed E-state index contributed by atoms with van der Waals surface area (Å²) in [7, 11) is 1.84. The van der Waals surface area contributed by atoms with Crippen molar-refractivity contribution in [2.24, 2.45) is 7.05 Å². The molecule has 4 heterocycles. The summed E-state index contributed by atoms with van der Waals surface area (Å²) in [5.74, 6) is -3.18. The number of fused-ring (bicyclic) bond motifs is 1. The van der Waals surface area contributed by atoms with Crippen molar-refractivity contribution in [3.05, 3.63) is 82.1 Å². The lowest BCUT2D eigenvalue weighted by Gasteiger charge is -2.39. The number of nitrogens with zero attached hydrogens (tertiary/aromatic N) is 7. The number of hydrogen-bond acceptors (Lipinski definition) is 7. The molecule has 1 aliphatic heterocycles. The normalized spacial score (nSPS) is 17.2. The number of benzene rings is 1. The highest BCUT2D eigenvalue weighted by atomic mass is 19.1. The summed E-state index contributed by atoms with van der Waals surface area (Å²) in [6, 6.07) is 7.84. The van der Waals surface area contributed by atoms with E-state index in [1.165, 1.54) is 0 Å². The number of carbonyl (C=O) groups excluding carboxylic acids is 1. The van der Waals surface area contributed by atoms with Crippen LogP contribution in [0.2, 0.25) is 0 Å². The molecule has 1 aromatic carbocycles. The molecule has 1 aliphatic rings. The molecular formula is C24H19F2N7O2. The van der Waals surface area contributed by atoms with Crippen LogP contribution in [0.3, 0.4) is 0 Å². The molecule has 176 valence electrons. The molecule has 0 fully saturated rings. The van der Waals surface area contributed by atoms with E-state index in [4.69, 9.17) is 4.52 Å². The lowest BCUT2D eigenvalue weighted by Crippen LogP contribution is -2.41. The monoisotopic (exact) mass is 475 g/mol. The molecular weight excluding hydrogens is 456 g/mol. The van der Waals surface area contributed by atoms with Crippen LogP contribution in [0.25, 0.3) is 11.6 Å². The Morgan fingerprint density at radius 3 is 2.69 bits per heavy atom. The van der Waals surface area contributed by atoms with Crippen LogP contribution >= 0.6 is 0 Å². The van der Waals surface area contributed by atoms with Gasteiger partial charge in [-0.2, -0.15) is 15.3 Å². The first-order chi connectivity index (χ1) is 16.8. The molecule has 0 aliphatic carbocycles. The highest BCUT2D eigenvalue weighted by Gasteiger charge is 2.37. The smallest absolute Gasteiger partial charge is 0.295 e. The Morgan fingerprint density at radius 1 is 1.20 bits per heavy atom. The van der Waals surface area contributed by atoms with Gasteiger partial charge in [-0.15, -0.1) is 0 Å². The molecule has 0 saturated carbocycles. The van der Waals surface area contributed by atoms with E-state index in [0.717, 1.165) is 28.6 Å². The van der Waals surface area contributed by atoms with Crippen LogP contribution in [-0.2, 0) is 7.05 Å². The summed E-state index contributed by atoms with van der Waals surface area (Å²) in [4.78, 5) is 22.8. The number of rotatable bonds is 3. The third-order valence-corrected chi connectivity index (χ3v) is 6.43. The number of amides is 1. The SMILES string of the molecule is Cc1c([C@H]2CN(C(=O)c3noc(-c4ncc(F)cc4F)n3)[C@@H](C)c3cc(C#N)ccc32)cnn1C. The van der Waals surface area contributed by atoms with Gasteiger partial charge in [0.05, 0.1) is 30.1 Å². The molecule has 4 aromatic rings. The first kappa shape index (κ1) is 22.3. The van der Waals surface area contributed by atoms with Gasteiger partial charge in [0.15, 0.2) is 11.5 Å². The number of pyridine rings is 1. The molecule has 0 N–H and O–H groups in total. The summed E-state index contributed by atoms with van der Waals surface area (Å²) >= 11 is 0. The summed E-state index contributed by atoms with van der Waals surface area (Å²) in [5, 5.41) is 17.5. The van der Waals surface area contributed by atoms with E-state index in [-0.39, 0.29) is 23.3 Å². The third kappa shape index (κ3) is 3.73. The van der Waals surface area contributed by atoms with Gasteiger partial charge in [0.25, 0.3) is 17.6 Å². The first-order valence-corrected chi connectivity index (χ1v) is 10.8. The van der Waals surface area contributed by atoms with Crippen LogP contribution in [-0.4, -0.2) is 42.3 Å². The standard InChI is InChI=1S/C24H19F2N7O2/c1-12-18(10-29-32(12)3)19-11-33(13(2)17-6-14(8-27)4-5-16(17)19)24(34)22-30-23(35-31-22)21-20(26)7-15(25)9-28-21/h4-7,9-10,13,19H,11H2,1-3H3/t13-,19-/m0/s1. The maximum Gasteiger partial charge on any atom is 0.295 e. The van der Waals surface area contributed by atoms with Crippen molar-refractivity contribution in [2.45, 2.75) is 25.8 Å². The second kappa shape index (κ2) is 8.39. The van der Waals surface area contributed by atoms with Crippen LogP contribution in [0.4, 0.5) is 8.78 Å². The molecule has 1 amide bonds. The van der Waals surface area contributed by atoms with E-state index in [9.17, 15) is 18.8 Å². The summed E-state index contributed by atoms with van der Waals surface area (Å²) in [6.45, 7) is 4.11. The largest absolute Gasteiger partial charge is 0.332 e. The number of hydrogen-bond donors (Lipinski definition) is 0. The van der Waals surface area contributed by atoms with Crippen LogP contribution < -0.4 is 0 Å². The highest BCUT2D eigenvalue weighted by Crippen LogP contribution is 2.41. The number of carbonyl (C=O) groups is 1. The average molecular weight is 475 g/mol. The Labute approximate surface area is 198 Å². The van der Waals surface area contributed by atoms with Crippen molar-refractivity contribution in [1.82, 2.24) is 29.8 Å². The summed E-state index contributed by atoms with van der Waals surface area (Å²) < 4.78 is 34.2. The molecule has 2 atom stereocenters. The van der Waals surface area contributed by atoms with Crippen molar-refractivity contribution < 1.29 is 18.1 Å². The molecule has 3 aromatic heterocycles. The van der Waals surface area contributed by atoms with Crippen LogP contribution in [0.15, 0.2) is 41.2 Å². The minimum Gasteiger partial charge on any atom is -0.332 e. The second-order valence-electron chi connectivity index (χ2n) is 8.36. The molecule has 9 nitrogen and oxygen atoms in total. The predicted octanol–water partition coefficient (Wildman–Crippen LogP) is 3.67. The zero-order chi connectivity index (χ0) is 24.9. The van der Waals surface area contributed by atoms with Crippen molar-refractivity contribution >= 4 is 5.91 Å². The minimum absolute atomic E-state index is 0.200. The van der Waals surface area contributed by atoms with E-state index in [2.05, 4.69) is 26.3 Å². The fourth-order valence-corrected chi connectivity index (χ4v) is 4.43. The molecule has 0 radical (unpaired) electrons. The molecule has 0 unspecified atom stereocenters. The lowest BCUT2D eigenvalue weighted by atomic mass is 9.81. The van der Waals surface area contributed by atoms with Gasteiger partial charge >= 0.3 is 0 Å². The number of nitriles is 1. The Kier molecular flexibility index (Phi) is 5.36. The molecule has 5 rings (SSSR count). The second-order valence-corrected chi connectivity index (χ2v) is 8.36. The number of aromatic nitrogens is 5. The zero-order valence-electron chi connectivity index (χ0n) is 19.0. The molecule has 35 heavy (non-hydrogen) atoms. The summed E-state index contributed by atoms with van der Waals surface area (Å²) in [6.07, 6.45) is 2.59. The maximum atomic E-state index is 14.1. The van der Waals surface area contributed by atoms with E-state index < -0.39 is 23.6 Å². The topological polar surface area (TPSA) is 114 Å². The fraction of sp³-hybridized carbons (Fsp3) is 0.250. The van der Waals surface area contributed by atoms with E-state index in [1.54, 1.807) is 27.9 Å². The molecule has 11 heteroatoms. The van der Waals surface area contributed by atoms with E-state index >= 15 is 0 Å². The minimum atomic E-state index is -0.982. The van der Waals surface area contributed by atoms with Gasteiger partial charge in [0.1, 0.15) is 5.82 Å². The maximum absolute atomic E-state index is 14.1. The average Bonchev–Trinajstić information content (AvgIpc) is 3.46. The number of halogens is 2. The Morgan fingerprint density at radius 2 is 2.00 bits per heavy atom. The van der Waals surface area contributed by atoms with Gasteiger partial charge in [-0.1, -0.05) is 11.2 Å². The lowest BCUT2D eigenvalue weighted by molar-refractivity contribution is 0.0649. The van der Waals surface area contributed by atoms with Crippen LogP contribution in [0.1, 0.15) is 57.5 Å². The van der Waals surface area contributed by atoms with Gasteiger partial charge < -0.3 is 9.42 Å². The van der Waals surface area contributed by atoms with Gasteiger partial charge in [0.2, 0.25) is 0 Å². The Hall–Kier alpha value is -4.46. The molecule has 0 spiro atoms. The van der Waals surface area contributed by atoms with Crippen molar-refractivity contribution in [2.75, 3.05) is 6.54 Å². The van der Waals surface area contributed by atoms with Crippen molar-refractivity contribution in [3.8, 4) is 17.7 Å². The van der Waals surface area contributed by atoms with Crippen molar-refractivity contribution in [1.29, 1.82) is 5.26 Å². The van der Waals surface area contributed by atoms with Gasteiger partial charge in [0, 0.05) is 36.8 Å². The molecule has 0 saturated heterocycles. The van der Waals surface area contributed by atoms with E-state index in [0.29, 0.717) is 18.2 Å². The Balaban J connectivity index is 1.54. The first-order valence-electron chi connectivity index (χ1n) is 10.8. The number of aryl methyl sites for hydroxylation is 1. The van der Waals surface area contributed by atoms with Gasteiger partial charge in [-0.25, -0.2) is 13.8 Å². The Bertz CT molecular complexity index is 1500. The quantitative estimate of drug-likeness (QED) is 0.444. The van der Waals surface area contributed by atoms with Crippen LogP contribution in [0.5, 0.6) is 0 Å². The van der Waals surface area contributed by atoms with Crippen LogP contribution in [0, 0.1) is 29.9 Å². The molecule has 0 bridgehead atoms. The predicted molar refractivity (Wildman–Crippen MR) is 118 cm³/mol. The fourth-order valence-electron chi connectivity index (χ4n) is 4.43. The van der Waals surface area contributed by atoms with Gasteiger partial charge in [-0.3, -0.25) is 9.48 Å². The van der Waals surface area contributed by atoms with Crippen molar-refractivity contribution in [3.63, 3.8) is 0 Å². The summed E-state index contributed by atoms with van der Waals surface area (Å²) in [5.41, 5.74) is 3.86. The van der Waals surface area contributed by atoms with E-state index in [1.807, 2.05) is 27.0 Å². The third-order valence-electron chi connectivity index (χ3n) is 6.43. The highest BCUT2D eigenvalue weighted by molar-refractivity contribution is 5.91. The van der Waals surface area contributed by atoms with Gasteiger partial charge in [-0.05, 0) is 37.1 Å².